The minimum absolute atomic E-state index is 0.299. The highest BCUT2D eigenvalue weighted by atomic mass is 16.5. The minimum Gasteiger partial charge on any atom is -0.493 e. The van der Waals surface area contributed by atoms with Crippen molar-refractivity contribution in [3.05, 3.63) is 84.0 Å². The number of ether oxygens (including phenoxy) is 2. The summed E-state index contributed by atoms with van der Waals surface area (Å²) in [6, 6.07) is 14.3. The number of nitrogens with zero attached hydrogens (tertiary/aromatic N) is 4. The molecular formula is C26H23N5O4. The van der Waals surface area contributed by atoms with Gasteiger partial charge in [-0.2, -0.15) is 5.10 Å². The molecule has 9 heteroatoms. The van der Waals surface area contributed by atoms with Crippen LogP contribution in [0.15, 0.2) is 71.6 Å². The fourth-order valence-electron chi connectivity index (χ4n) is 3.88. The number of methoxy groups -OCH3 is 1. The zero-order valence-corrected chi connectivity index (χ0v) is 19.5. The van der Waals surface area contributed by atoms with Crippen LogP contribution in [0.3, 0.4) is 0 Å². The van der Waals surface area contributed by atoms with Gasteiger partial charge < -0.3 is 19.2 Å². The molecule has 0 unspecified atom stereocenters. The van der Waals surface area contributed by atoms with Crippen LogP contribution in [0.4, 0.5) is 5.69 Å². The Bertz CT molecular complexity index is 1490. The summed E-state index contributed by atoms with van der Waals surface area (Å²) in [5.74, 6) is 1.34. The molecule has 4 heterocycles. The topological polar surface area (TPSA) is 104 Å². The first-order valence-corrected chi connectivity index (χ1v) is 10.9. The standard InChI is InChI=1S/C26H23N5O4/c1-16-24-19(14-20(21-5-4-12-34-21)29-25(24)31(2)30-16)26(32)28-18-6-7-22(33-3)23(13-18)35-15-17-8-10-27-11-9-17/h4-14H,15H2,1-3H3,(H,28,32). The quantitative estimate of drug-likeness (QED) is 0.366. The molecule has 35 heavy (non-hydrogen) atoms. The molecule has 0 saturated carbocycles. The second-order valence-corrected chi connectivity index (χ2v) is 7.90. The summed E-state index contributed by atoms with van der Waals surface area (Å²) in [5.41, 5.74) is 3.83. The average Bonchev–Trinajstić information content (AvgIpc) is 3.51. The molecular weight excluding hydrogens is 446 g/mol. The van der Waals surface area contributed by atoms with Crippen LogP contribution in [-0.4, -0.2) is 32.8 Å². The normalized spacial score (nSPS) is 10.9. The maximum Gasteiger partial charge on any atom is 0.256 e. The Morgan fingerprint density at radius 3 is 2.69 bits per heavy atom. The van der Waals surface area contributed by atoms with Crippen LogP contribution in [0.25, 0.3) is 22.5 Å². The Labute approximate surface area is 201 Å². The van der Waals surface area contributed by atoms with Crippen molar-refractivity contribution in [2.45, 2.75) is 13.5 Å². The van der Waals surface area contributed by atoms with Crippen molar-refractivity contribution >= 4 is 22.6 Å². The summed E-state index contributed by atoms with van der Waals surface area (Å²) in [6.45, 7) is 2.19. The van der Waals surface area contributed by atoms with Crippen molar-refractivity contribution in [1.82, 2.24) is 19.7 Å². The van der Waals surface area contributed by atoms with E-state index in [1.54, 1.807) is 73.9 Å². The SMILES string of the molecule is COc1ccc(NC(=O)c2cc(-c3ccco3)nc3c2c(C)nn3C)cc1OCc1ccncc1. The van der Waals surface area contributed by atoms with Gasteiger partial charge in [-0.1, -0.05) is 0 Å². The molecule has 0 fully saturated rings. The number of anilines is 1. The van der Waals surface area contributed by atoms with E-state index in [9.17, 15) is 4.79 Å². The number of rotatable bonds is 7. The summed E-state index contributed by atoms with van der Waals surface area (Å²) in [6.07, 6.45) is 4.99. The van der Waals surface area contributed by atoms with Crippen LogP contribution >= 0.6 is 0 Å². The van der Waals surface area contributed by atoms with E-state index >= 15 is 0 Å². The van der Waals surface area contributed by atoms with Crippen LogP contribution in [0.1, 0.15) is 21.6 Å². The predicted octanol–water partition coefficient (Wildman–Crippen LogP) is 4.77. The third-order valence-electron chi connectivity index (χ3n) is 5.55. The lowest BCUT2D eigenvalue weighted by Crippen LogP contribution is -2.13. The molecule has 1 aromatic carbocycles. The third kappa shape index (κ3) is 4.43. The molecule has 0 spiro atoms. The third-order valence-corrected chi connectivity index (χ3v) is 5.55. The molecule has 176 valence electrons. The summed E-state index contributed by atoms with van der Waals surface area (Å²) < 4.78 is 18.6. The maximum atomic E-state index is 13.5. The number of amides is 1. The summed E-state index contributed by atoms with van der Waals surface area (Å²) in [5, 5.41) is 8.11. The van der Waals surface area contributed by atoms with Gasteiger partial charge in [0.2, 0.25) is 0 Å². The van der Waals surface area contributed by atoms with E-state index in [0.717, 1.165) is 5.56 Å². The molecule has 0 atom stereocenters. The zero-order valence-electron chi connectivity index (χ0n) is 19.5. The molecule has 0 aliphatic rings. The Hall–Kier alpha value is -4.66. The molecule has 0 aliphatic heterocycles. The smallest absolute Gasteiger partial charge is 0.256 e. The zero-order chi connectivity index (χ0) is 24.4. The van der Waals surface area contributed by atoms with E-state index in [0.29, 0.717) is 57.5 Å². The number of pyridine rings is 2. The van der Waals surface area contributed by atoms with Gasteiger partial charge in [0.25, 0.3) is 5.91 Å². The van der Waals surface area contributed by atoms with Crippen molar-refractivity contribution < 1.29 is 18.7 Å². The number of aromatic nitrogens is 4. The van der Waals surface area contributed by atoms with E-state index in [-0.39, 0.29) is 5.91 Å². The largest absolute Gasteiger partial charge is 0.493 e. The van der Waals surface area contributed by atoms with Gasteiger partial charge in [0.05, 0.1) is 30.0 Å². The van der Waals surface area contributed by atoms with Gasteiger partial charge in [0.15, 0.2) is 22.9 Å². The number of fused-ring (bicyclic) bond motifs is 1. The molecule has 1 N–H and O–H groups in total. The van der Waals surface area contributed by atoms with Gasteiger partial charge >= 0.3 is 0 Å². The predicted molar refractivity (Wildman–Crippen MR) is 130 cm³/mol. The van der Waals surface area contributed by atoms with Crippen molar-refractivity contribution in [3.63, 3.8) is 0 Å². The Kier molecular flexibility index (Phi) is 5.88. The summed E-state index contributed by atoms with van der Waals surface area (Å²) in [7, 11) is 3.37. The molecule has 0 radical (unpaired) electrons. The lowest BCUT2D eigenvalue weighted by molar-refractivity contribution is 0.102. The van der Waals surface area contributed by atoms with E-state index in [4.69, 9.17) is 13.9 Å². The molecule has 0 saturated heterocycles. The van der Waals surface area contributed by atoms with Crippen molar-refractivity contribution in [2.24, 2.45) is 7.05 Å². The number of aryl methyl sites for hydroxylation is 2. The summed E-state index contributed by atoms with van der Waals surface area (Å²) in [4.78, 5) is 22.2. The van der Waals surface area contributed by atoms with Gasteiger partial charge in [-0.15, -0.1) is 0 Å². The number of benzene rings is 1. The Morgan fingerprint density at radius 2 is 1.94 bits per heavy atom. The lowest BCUT2D eigenvalue weighted by Gasteiger charge is -2.13. The van der Waals surface area contributed by atoms with E-state index in [2.05, 4.69) is 20.4 Å². The number of nitrogens with one attached hydrogen (secondary N) is 1. The van der Waals surface area contributed by atoms with Crippen LogP contribution < -0.4 is 14.8 Å². The second kappa shape index (κ2) is 9.30. The van der Waals surface area contributed by atoms with Gasteiger partial charge in [-0.3, -0.25) is 14.5 Å². The number of carbonyl (C=O) groups is 1. The van der Waals surface area contributed by atoms with E-state index in [1.807, 2.05) is 19.1 Å². The van der Waals surface area contributed by atoms with Crippen LogP contribution in [-0.2, 0) is 13.7 Å². The highest BCUT2D eigenvalue weighted by Gasteiger charge is 2.20. The van der Waals surface area contributed by atoms with Gasteiger partial charge in [-0.05, 0) is 55.0 Å². The lowest BCUT2D eigenvalue weighted by atomic mass is 10.1. The maximum absolute atomic E-state index is 13.5. The highest BCUT2D eigenvalue weighted by molar-refractivity contribution is 6.13. The number of hydrogen-bond donors (Lipinski definition) is 1. The van der Waals surface area contributed by atoms with E-state index < -0.39 is 0 Å². The monoisotopic (exact) mass is 469 g/mol. The minimum atomic E-state index is -0.299. The fraction of sp³-hybridized carbons (Fsp3) is 0.154. The molecule has 4 aromatic heterocycles. The molecule has 0 aliphatic carbocycles. The van der Waals surface area contributed by atoms with Crippen molar-refractivity contribution in [1.29, 1.82) is 0 Å². The van der Waals surface area contributed by atoms with E-state index in [1.165, 1.54) is 0 Å². The number of hydrogen-bond acceptors (Lipinski definition) is 7. The Morgan fingerprint density at radius 1 is 1.11 bits per heavy atom. The fourth-order valence-corrected chi connectivity index (χ4v) is 3.88. The van der Waals surface area contributed by atoms with Gasteiger partial charge in [-0.25, -0.2) is 4.98 Å². The van der Waals surface area contributed by atoms with Crippen LogP contribution in [0.5, 0.6) is 11.5 Å². The second-order valence-electron chi connectivity index (χ2n) is 7.90. The summed E-state index contributed by atoms with van der Waals surface area (Å²) >= 11 is 0. The first-order chi connectivity index (χ1) is 17.0. The Balaban J connectivity index is 1.47. The van der Waals surface area contributed by atoms with Crippen molar-refractivity contribution in [2.75, 3.05) is 12.4 Å². The first kappa shape index (κ1) is 22.1. The molecule has 9 nitrogen and oxygen atoms in total. The van der Waals surface area contributed by atoms with Crippen LogP contribution in [0, 0.1) is 6.92 Å². The van der Waals surface area contributed by atoms with Gasteiger partial charge in [0.1, 0.15) is 12.3 Å². The van der Waals surface area contributed by atoms with Crippen LogP contribution in [0.2, 0.25) is 0 Å². The first-order valence-electron chi connectivity index (χ1n) is 10.9. The van der Waals surface area contributed by atoms with Crippen molar-refractivity contribution in [3.8, 4) is 23.0 Å². The van der Waals surface area contributed by atoms with Gasteiger partial charge in [0, 0.05) is 31.2 Å². The molecule has 0 bridgehead atoms. The number of carbonyl (C=O) groups excluding carboxylic acids is 1. The molecule has 1 amide bonds. The highest BCUT2D eigenvalue weighted by Crippen LogP contribution is 2.32. The molecule has 5 rings (SSSR count). The average molecular weight is 470 g/mol. The molecule has 5 aromatic rings. The number of furan rings is 1.